The van der Waals surface area contributed by atoms with E-state index < -0.39 is 23.8 Å². The monoisotopic (exact) mass is 624 g/mol. The van der Waals surface area contributed by atoms with Crippen molar-refractivity contribution >= 4 is 46.6 Å². The molecule has 0 saturated heterocycles. The van der Waals surface area contributed by atoms with Gasteiger partial charge in [-0.15, -0.1) is 0 Å². The van der Waals surface area contributed by atoms with E-state index in [9.17, 15) is 29.7 Å². The number of ketones is 2. The van der Waals surface area contributed by atoms with Crippen LogP contribution in [0, 0.1) is 11.8 Å². The van der Waals surface area contributed by atoms with Crippen LogP contribution in [0.15, 0.2) is 0 Å². The zero-order chi connectivity index (χ0) is 31.8. The number of nitrogens with two attached hydrogens (primary N) is 2. The summed E-state index contributed by atoms with van der Waals surface area (Å²) in [5, 5.41) is 20.5. The molecule has 0 aliphatic heterocycles. The quantitative estimate of drug-likeness (QED) is 0.0421. The van der Waals surface area contributed by atoms with Crippen LogP contribution in [0.2, 0.25) is 0 Å². The van der Waals surface area contributed by atoms with Crippen molar-refractivity contribution in [1.82, 2.24) is 0 Å². The molecule has 2 atom stereocenters. The van der Waals surface area contributed by atoms with Crippen LogP contribution in [-0.4, -0.2) is 59.6 Å². The predicted octanol–water partition coefficient (Wildman–Crippen LogP) is 4.14. The zero-order valence-corrected chi connectivity index (χ0v) is 28.7. The first-order valence-corrected chi connectivity index (χ1v) is 16.5. The van der Waals surface area contributed by atoms with E-state index in [0.717, 1.165) is 51.4 Å². The molecule has 0 aliphatic rings. The smallest absolute Gasteiger partial charge is 0.662 e. The summed E-state index contributed by atoms with van der Waals surface area (Å²) in [7, 11) is 0. The maximum absolute atomic E-state index is 12.0. The minimum atomic E-state index is -0.944. The van der Waals surface area contributed by atoms with Crippen LogP contribution in [0.3, 0.4) is 0 Å². The summed E-state index contributed by atoms with van der Waals surface area (Å²) in [6.07, 6.45) is 19.9. The van der Waals surface area contributed by atoms with Crippen molar-refractivity contribution in [1.29, 1.82) is 0 Å². The molecule has 0 radical (unpaired) electrons. The number of hydrogen-bond acceptors (Lipinski definition) is 10. The van der Waals surface area contributed by atoms with Crippen molar-refractivity contribution in [3.8, 4) is 0 Å². The molecule has 4 N–H and O–H groups in total. The summed E-state index contributed by atoms with van der Waals surface area (Å²) in [5.41, 5.74) is 10.8. The third kappa shape index (κ3) is 28.1. The van der Waals surface area contributed by atoms with Crippen molar-refractivity contribution in [3.05, 3.63) is 0 Å². The Hall–Kier alpha value is -1.11. The van der Waals surface area contributed by atoms with Crippen LogP contribution in [0.1, 0.15) is 155 Å². The van der Waals surface area contributed by atoms with E-state index in [1.165, 1.54) is 51.4 Å². The van der Waals surface area contributed by atoms with Crippen molar-refractivity contribution < 1.29 is 39.5 Å². The molecule has 0 bridgehead atoms. The number of hydrogen-bond donors (Lipinski definition) is 2. The fourth-order valence-electron chi connectivity index (χ4n) is 4.78. The largest absolute Gasteiger partial charge is 2.00 e. The van der Waals surface area contributed by atoms with Gasteiger partial charge in [-0.05, 0) is 51.6 Å². The van der Waals surface area contributed by atoms with Crippen molar-refractivity contribution in [2.45, 2.75) is 155 Å². The molecule has 0 amide bonds. The second-order valence-electron chi connectivity index (χ2n) is 11.2. The molecule has 0 aromatic carbocycles. The molecule has 248 valence electrons. The Kier molecular flexibility index (Phi) is 38.1. The maximum atomic E-state index is 12.0. The molecule has 0 aromatic heterocycles. The van der Waals surface area contributed by atoms with Gasteiger partial charge in [-0.3, -0.25) is 19.2 Å². The van der Waals surface area contributed by atoms with E-state index in [0.29, 0.717) is 51.6 Å². The van der Waals surface area contributed by atoms with Crippen molar-refractivity contribution in [3.63, 3.8) is 0 Å². The molecule has 11 heteroatoms. The molecule has 0 aliphatic carbocycles. The summed E-state index contributed by atoms with van der Waals surface area (Å²) in [5.74, 6) is -4.01. The first kappa shape index (κ1) is 46.3. The third-order valence-electron chi connectivity index (χ3n) is 7.46. The number of Topliss-reactive ketones (excluding diaryl/α,β-unsaturated/α-hetero) is 2. The molecular formula is C32H60MgN2O8. The number of rotatable bonds is 28. The standard InChI is InChI=1S/2C16H31NO4.Mg/c2*1-2-3-4-5-6-7-8-12-15(18)14(16(19)21-20)11-9-10-13-17;/h2*14,20H,2-13,17H2,1H3;/q;;+2/p-2. The second kappa shape index (κ2) is 35.4. The Morgan fingerprint density at radius 1 is 0.512 bits per heavy atom. The molecule has 0 heterocycles. The summed E-state index contributed by atoms with van der Waals surface area (Å²) in [6.45, 7) is 5.40. The van der Waals surface area contributed by atoms with Crippen LogP contribution in [-0.2, 0) is 29.0 Å². The van der Waals surface area contributed by atoms with Gasteiger partial charge in [0, 0.05) is 12.8 Å². The number of carbonyl (C=O) groups is 4. The molecule has 0 rings (SSSR count). The van der Waals surface area contributed by atoms with Gasteiger partial charge in [0.25, 0.3) is 0 Å². The summed E-state index contributed by atoms with van der Waals surface area (Å²) in [6, 6.07) is 0. The maximum Gasteiger partial charge on any atom is 2.00 e. The molecule has 43 heavy (non-hydrogen) atoms. The molecule has 0 aromatic rings. The molecule has 2 unspecified atom stereocenters. The molecule has 0 saturated carbocycles. The zero-order valence-electron chi connectivity index (χ0n) is 27.3. The first-order valence-electron chi connectivity index (χ1n) is 16.5. The van der Waals surface area contributed by atoms with Crippen LogP contribution >= 0.6 is 0 Å². The molecule has 10 nitrogen and oxygen atoms in total. The minimum absolute atomic E-state index is 0. The minimum Gasteiger partial charge on any atom is -0.662 e. The Bertz CT molecular complexity index is 626. The van der Waals surface area contributed by atoms with Gasteiger partial charge in [-0.1, -0.05) is 104 Å². The van der Waals surface area contributed by atoms with E-state index in [4.69, 9.17) is 11.5 Å². The van der Waals surface area contributed by atoms with E-state index in [-0.39, 0.29) is 34.6 Å². The Morgan fingerprint density at radius 2 is 0.814 bits per heavy atom. The van der Waals surface area contributed by atoms with Gasteiger partial charge in [-0.2, -0.15) is 0 Å². The van der Waals surface area contributed by atoms with Gasteiger partial charge >= 0.3 is 35.0 Å². The van der Waals surface area contributed by atoms with E-state index in [2.05, 4.69) is 23.6 Å². The SMILES string of the molecule is CCCCCCCCCC(=O)C(CCCCN)C(=O)O[O-].CCCCCCCCCC(=O)C(CCCCN)C(=O)O[O-].[Mg+2]. The third-order valence-corrected chi connectivity index (χ3v) is 7.46. The summed E-state index contributed by atoms with van der Waals surface area (Å²) in [4.78, 5) is 53.7. The normalized spacial score (nSPS) is 11.9. The molecular weight excluding hydrogens is 565 g/mol. The first-order chi connectivity index (χ1) is 20.3. The Balaban J connectivity index is -0.000000727. The van der Waals surface area contributed by atoms with Gasteiger partial charge in [-0.25, -0.2) is 0 Å². The molecule has 0 fully saturated rings. The Labute approximate surface area is 276 Å². The predicted molar refractivity (Wildman–Crippen MR) is 166 cm³/mol. The van der Waals surface area contributed by atoms with Crippen LogP contribution in [0.5, 0.6) is 0 Å². The van der Waals surface area contributed by atoms with Crippen molar-refractivity contribution in [2.75, 3.05) is 13.1 Å². The van der Waals surface area contributed by atoms with Gasteiger partial charge < -0.3 is 31.8 Å². The van der Waals surface area contributed by atoms with E-state index in [1.807, 2.05) is 0 Å². The van der Waals surface area contributed by atoms with Gasteiger partial charge in [0.2, 0.25) is 0 Å². The second-order valence-corrected chi connectivity index (χ2v) is 11.2. The van der Waals surface area contributed by atoms with E-state index in [1.54, 1.807) is 0 Å². The fraction of sp³-hybridized carbons (Fsp3) is 0.875. The summed E-state index contributed by atoms with van der Waals surface area (Å²) < 4.78 is 0. The van der Waals surface area contributed by atoms with E-state index >= 15 is 0 Å². The van der Waals surface area contributed by atoms with Crippen LogP contribution in [0.4, 0.5) is 0 Å². The van der Waals surface area contributed by atoms with Gasteiger partial charge in [0.1, 0.15) is 23.4 Å². The number of unbranched alkanes of at least 4 members (excludes halogenated alkanes) is 14. The average Bonchev–Trinajstić information content (AvgIpc) is 3.00. The number of carbonyl (C=O) groups excluding carboxylic acids is 4. The molecule has 0 spiro atoms. The van der Waals surface area contributed by atoms with Crippen molar-refractivity contribution in [2.24, 2.45) is 23.3 Å². The summed E-state index contributed by atoms with van der Waals surface area (Å²) >= 11 is 0. The van der Waals surface area contributed by atoms with Crippen LogP contribution < -0.4 is 22.0 Å². The van der Waals surface area contributed by atoms with Gasteiger partial charge in [0.05, 0.1) is 0 Å². The fourth-order valence-corrected chi connectivity index (χ4v) is 4.78. The topological polar surface area (TPSA) is 185 Å². The average molecular weight is 625 g/mol. The Morgan fingerprint density at radius 3 is 1.09 bits per heavy atom. The van der Waals surface area contributed by atoms with Crippen LogP contribution in [0.25, 0.3) is 0 Å². The van der Waals surface area contributed by atoms with Gasteiger partial charge in [0.15, 0.2) is 0 Å².